The van der Waals surface area contributed by atoms with Crippen molar-refractivity contribution in [2.75, 3.05) is 20.2 Å². The fourth-order valence-corrected chi connectivity index (χ4v) is 4.42. The van der Waals surface area contributed by atoms with Gasteiger partial charge in [-0.3, -0.25) is 9.59 Å². The van der Waals surface area contributed by atoms with Gasteiger partial charge in [0.2, 0.25) is 5.91 Å². The second-order valence-electron chi connectivity index (χ2n) is 8.63. The number of hydrogen-bond donors (Lipinski definition) is 1. The van der Waals surface area contributed by atoms with Crippen LogP contribution in [-0.4, -0.2) is 58.4 Å². The van der Waals surface area contributed by atoms with Crippen molar-refractivity contribution >= 4 is 17.5 Å². The van der Waals surface area contributed by atoms with Crippen LogP contribution in [-0.2, 0) is 16.0 Å². The third-order valence-corrected chi connectivity index (χ3v) is 6.18. The summed E-state index contributed by atoms with van der Waals surface area (Å²) in [4.78, 5) is 31.0. The Balaban J connectivity index is 1.76. The molecule has 1 saturated heterocycles. The van der Waals surface area contributed by atoms with Crippen molar-refractivity contribution < 1.29 is 14.3 Å². The lowest BCUT2D eigenvalue weighted by molar-refractivity contribution is -0.141. The highest BCUT2D eigenvalue weighted by Gasteiger charge is 2.30. The molecule has 0 radical (unpaired) electrons. The van der Waals surface area contributed by atoms with E-state index >= 15 is 0 Å². The number of aryl methyl sites for hydroxylation is 2. The van der Waals surface area contributed by atoms with E-state index in [0.717, 1.165) is 33.7 Å². The maximum atomic E-state index is 12.1. The number of nitrogens with one attached hydrogen (secondary N) is 1. The lowest BCUT2D eigenvalue weighted by atomic mass is 9.99. The standard InChI is InChI=1S/C25H30N4O3/c1-15-8-9-28-22(12-20-13-29(18(4)30)17(3)14-32-20)24(27-23(28)10-15)21-7-6-19(11-16(21)2)25(31)26-5/h6-11,17,20H,12-14H2,1-5H3,(H,26,31)/t17-,20-/m0/s1. The SMILES string of the molecule is CNC(=O)c1ccc(-c2nc3cc(C)ccn3c2C[C@H]2CN(C(C)=O)[C@@H](C)CO2)c(C)c1. The number of nitrogens with zero attached hydrogens (tertiary/aromatic N) is 3. The number of fused-ring (bicyclic) bond motifs is 1. The fraction of sp³-hybridized carbons (Fsp3) is 0.400. The molecule has 0 bridgehead atoms. The molecule has 1 fully saturated rings. The van der Waals surface area contributed by atoms with E-state index in [1.165, 1.54) is 0 Å². The van der Waals surface area contributed by atoms with E-state index in [-0.39, 0.29) is 24.0 Å². The number of pyridine rings is 1. The van der Waals surface area contributed by atoms with Gasteiger partial charge in [0.15, 0.2) is 0 Å². The number of morpholine rings is 1. The largest absolute Gasteiger partial charge is 0.374 e. The predicted molar refractivity (Wildman–Crippen MR) is 124 cm³/mol. The Kier molecular flexibility index (Phi) is 6.02. The Morgan fingerprint density at radius 1 is 1.22 bits per heavy atom. The highest BCUT2D eigenvalue weighted by atomic mass is 16.5. The lowest BCUT2D eigenvalue weighted by Crippen LogP contribution is -2.50. The number of aromatic nitrogens is 2. The predicted octanol–water partition coefficient (Wildman–Crippen LogP) is 3.16. The molecular weight excluding hydrogens is 404 g/mol. The van der Waals surface area contributed by atoms with Gasteiger partial charge < -0.3 is 19.4 Å². The van der Waals surface area contributed by atoms with Gasteiger partial charge in [0.25, 0.3) is 5.91 Å². The summed E-state index contributed by atoms with van der Waals surface area (Å²) in [6.07, 6.45) is 2.56. The van der Waals surface area contributed by atoms with Gasteiger partial charge in [-0.25, -0.2) is 4.98 Å². The van der Waals surface area contributed by atoms with Crippen molar-refractivity contribution in [3.05, 3.63) is 58.9 Å². The van der Waals surface area contributed by atoms with Crippen LogP contribution in [0.25, 0.3) is 16.9 Å². The zero-order valence-corrected chi connectivity index (χ0v) is 19.3. The van der Waals surface area contributed by atoms with E-state index in [2.05, 4.69) is 21.9 Å². The molecule has 1 N–H and O–H groups in total. The Labute approximate surface area is 188 Å². The molecule has 2 amide bonds. The maximum absolute atomic E-state index is 12.1. The first kappa shape index (κ1) is 22.0. The molecule has 0 spiro atoms. The van der Waals surface area contributed by atoms with Crippen molar-refractivity contribution in [1.29, 1.82) is 0 Å². The van der Waals surface area contributed by atoms with Crippen LogP contribution in [0.15, 0.2) is 36.5 Å². The van der Waals surface area contributed by atoms with Gasteiger partial charge in [0.1, 0.15) is 5.65 Å². The number of benzene rings is 1. The summed E-state index contributed by atoms with van der Waals surface area (Å²) >= 11 is 0. The maximum Gasteiger partial charge on any atom is 0.251 e. The van der Waals surface area contributed by atoms with Crippen LogP contribution in [0.4, 0.5) is 0 Å². The van der Waals surface area contributed by atoms with Crippen molar-refractivity contribution in [3.8, 4) is 11.3 Å². The quantitative estimate of drug-likeness (QED) is 0.684. The summed E-state index contributed by atoms with van der Waals surface area (Å²) in [5.74, 6) is -0.0417. The molecule has 7 nitrogen and oxygen atoms in total. The number of carbonyl (C=O) groups excluding carboxylic acids is 2. The summed E-state index contributed by atoms with van der Waals surface area (Å²) in [6.45, 7) is 8.75. The first-order valence-corrected chi connectivity index (χ1v) is 11.0. The number of imidazole rings is 1. The molecule has 3 heterocycles. The van der Waals surface area contributed by atoms with Crippen LogP contribution in [0, 0.1) is 13.8 Å². The summed E-state index contributed by atoms with van der Waals surface area (Å²) < 4.78 is 8.22. The zero-order chi connectivity index (χ0) is 23.0. The van der Waals surface area contributed by atoms with E-state index in [0.29, 0.717) is 25.1 Å². The molecule has 1 aromatic carbocycles. The number of amides is 2. The van der Waals surface area contributed by atoms with Gasteiger partial charge in [-0.15, -0.1) is 0 Å². The van der Waals surface area contributed by atoms with Crippen molar-refractivity contribution in [2.45, 2.75) is 46.3 Å². The van der Waals surface area contributed by atoms with Crippen LogP contribution < -0.4 is 5.32 Å². The molecule has 1 aliphatic heterocycles. The zero-order valence-electron chi connectivity index (χ0n) is 19.3. The highest BCUT2D eigenvalue weighted by molar-refractivity contribution is 5.95. The van der Waals surface area contributed by atoms with Gasteiger partial charge in [0, 0.05) is 44.3 Å². The molecule has 4 rings (SSSR count). The van der Waals surface area contributed by atoms with E-state index in [1.807, 2.05) is 50.1 Å². The van der Waals surface area contributed by atoms with Crippen LogP contribution in [0.1, 0.15) is 41.0 Å². The second kappa shape index (κ2) is 8.74. The molecule has 2 atom stereocenters. The molecule has 0 unspecified atom stereocenters. The summed E-state index contributed by atoms with van der Waals surface area (Å²) in [6, 6.07) is 9.89. The Hall–Kier alpha value is -3.19. The van der Waals surface area contributed by atoms with Crippen LogP contribution >= 0.6 is 0 Å². The average Bonchev–Trinajstić information content (AvgIpc) is 3.11. The van der Waals surface area contributed by atoms with Crippen LogP contribution in [0.2, 0.25) is 0 Å². The summed E-state index contributed by atoms with van der Waals surface area (Å²) in [7, 11) is 1.63. The van der Waals surface area contributed by atoms with Gasteiger partial charge in [-0.1, -0.05) is 6.07 Å². The molecular formula is C25H30N4O3. The molecule has 1 aliphatic rings. The first-order valence-electron chi connectivity index (χ1n) is 11.0. The van der Waals surface area contributed by atoms with Gasteiger partial charge in [0.05, 0.1) is 30.1 Å². The minimum atomic E-state index is -0.112. The normalized spacial score (nSPS) is 18.7. The Bertz CT molecular complexity index is 1180. The summed E-state index contributed by atoms with van der Waals surface area (Å²) in [5, 5.41) is 2.67. The van der Waals surface area contributed by atoms with E-state index in [9.17, 15) is 9.59 Å². The fourth-order valence-electron chi connectivity index (χ4n) is 4.42. The van der Waals surface area contributed by atoms with E-state index in [1.54, 1.807) is 14.0 Å². The van der Waals surface area contributed by atoms with Crippen molar-refractivity contribution in [1.82, 2.24) is 19.6 Å². The molecule has 168 valence electrons. The second-order valence-corrected chi connectivity index (χ2v) is 8.63. The number of ether oxygens (including phenoxy) is 1. The number of carbonyl (C=O) groups is 2. The minimum absolute atomic E-state index is 0.0698. The molecule has 7 heteroatoms. The van der Waals surface area contributed by atoms with Gasteiger partial charge in [-0.05, 0) is 56.2 Å². The Morgan fingerprint density at radius 3 is 2.69 bits per heavy atom. The third kappa shape index (κ3) is 4.12. The van der Waals surface area contributed by atoms with Gasteiger partial charge in [-0.2, -0.15) is 0 Å². The minimum Gasteiger partial charge on any atom is -0.374 e. The van der Waals surface area contributed by atoms with E-state index < -0.39 is 0 Å². The highest BCUT2D eigenvalue weighted by Crippen LogP contribution is 2.30. The van der Waals surface area contributed by atoms with Gasteiger partial charge >= 0.3 is 0 Å². The molecule has 3 aromatic rings. The Morgan fingerprint density at radius 2 is 2.00 bits per heavy atom. The summed E-state index contributed by atoms with van der Waals surface area (Å²) in [5.41, 5.74) is 6.52. The van der Waals surface area contributed by atoms with E-state index in [4.69, 9.17) is 9.72 Å². The molecule has 0 aliphatic carbocycles. The van der Waals surface area contributed by atoms with Crippen molar-refractivity contribution in [2.24, 2.45) is 0 Å². The van der Waals surface area contributed by atoms with Crippen LogP contribution in [0.5, 0.6) is 0 Å². The topological polar surface area (TPSA) is 75.9 Å². The molecule has 32 heavy (non-hydrogen) atoms. The molecule has 0 saturated carbocycles. The van der Waals surface area contributed by atoms with Crippen LogP contribution in [0.3, 0.4) is 0 Å². The first-order chi connectivity index (χ1) is 15.3. The lowest BCUT2D eigenvalue weighted by Gasteiger charge is -2.37. The third-order valence-electron chi connectivity index (χ3n) is 6.18. The average molecular weight is 435 g/mol. The smallest absolute Gasteiger partial charge is 0.251 e. The van der Waals surface area contributed by atoms with Crippen molar-refractivity contribution in [3.63, 3.8) is 0 Å². The number of rotatable bonds is 4. The number of hydrogen-bond acceptors (Lipinski definition) is 4. The molecule has 2 aromatic heterocycles. The monoisotopic (exact) mass is 434 g/mol.